The molecule has 0 fully saturated rings. The molecule has 1 heterocycles. The fraction of sp³-hybridized carbons (Fsp3) is 0.312. The topological polar surface area (TPSA) is 76.1 Å². The molecule has 116 valence electrons. The van der Waals surface area contributed by atoms with Crippen LogP contribution in [-0.4, -0.2) is 29.1 Å². The number of anilines is 3. The number of nitrogens with zero attached hydrogens (tertiary/aromatic N) is 2. The lowest BCUT2D eigenvalue weighted by Crippen LogP contribution is -2.05. The summed E-state index contributed by atoms with van der Waals surface area (Å²) in [6, 6.07) is 8.83. The van der Waals surface area contributed by atoms with E-state index in [-0.39, 0.29) is 5.97 Å². The van der Waals surface area contributed by atoms with Gasteiger partial charge in [-0.2, -0.15) is 4.98 Å². The van der Waals surface area contributed by atoms with Crippen LogP contribution in [0.2, 0.25) is 0 Å². The molecule has 2 aromatic rings. The van der Waals surface area contributed by atoms with Gasteiger partial charge in [0.1, 0.15) is 5.82 Å². The van der Waals surface area contributed by atoms with Crippen molar-refractivity contribution in [2.24, 2.45) is 0 Å². The van der Waals surface area contributed by atoms with Crippen molar-refractivity contribution in [2.75, 3.05) is 23.8 Å². The Hall–Kier alpha value is -2.63. The number of benzene rings is 1. The average molecular weight is 300 g/mol. The molecule has 0 atom stereocenters. The minimum atomic E-state index is -0.323. The van der Waals surface area contributed by atoms with E-state index in [0.29, 0.717) is 18.1 Å². The molecule has 6 heteroatoms. The normalized spacial score (nSPS) is 10.1. The zero-order valence-corrected chi connectivity index (χ0v) is 12.8. The number of hydrogen-bond acceptors (Lipinski definition) is 6. The van der Waals surface area contributed by atoms with Gasteiger partial charge in [-0.1, -0.05) is 6.92 Å². The van der Waals surface area contributed by atoms with Crippen LogP contribution in [-0.2, 0) is 4.74 Å². The Morgan fingerprint density at radius 2 is 1.95 bits per heavy atom. The standard InChI is InChI=1S/C16H20N4O2/c1-3-10-17-14-9-11-18-16(20-14)19-13-7-5-12(6-8-13)15(21)22-4-2/h5-9,11H,3-4,10H2,1-2H3,(H2,17,18,19,20). The maximum Gasteiger partial charge on any atom is 0.338 e. The molecule has 6 nitrogen and oxygen atoms in total. The van der Waals surface area contributed by atoms with E-state index in [4.69, 9.17) is 4.74 Å². The lowest BCUT2D eigenvalue weighted by molar-refractivity contribution is 0.0526. The van der Waals surface area contributed by atoms with Crippen molar-refractivity contribution in [2.45, 2.75) is 20.3 Å². The molecular formula is C16H20N4O2. The number of aromatic nitrogens is 2. The van der Waals surface area contributed by atoms with E-state index in [9.17, 15) is 4.79 Å². The fourth-order valence-corrected chi connectivity index (χ4v) is 1.80. The zero-order valence-electron chi connectivity index (χ0n) is 12.8. The zero-order chi connectivity index (χ0) is 15.8. The third-order valence-electron chi connectivity index (χ3n) is 2.86. The van der Waals surface area contributed by atoms with Crippen LogP contribution in [0.4, 0.5) is 17.5 Å². The molecule has 0 unspecified atom stereocenters. The Morgan fingerprint density at radius 3 is 2.64 bits per heavy atom. The first kappa shape index (κ1) is 15.8. The summed E-state index contributed by atoms with van der Waals surface area (Å²) in [5, 5.41) is 6.31. The molecule has 1 aromatic heterocycles. The summed E-state index contributed by atoms with van der Waals surface area (Å²) >= 11 is 0. The fourth-order valence-electron chi connectivity index (χ4n) is 1.80. The summed E-state index contributed by atoms with van der Waals surface area (Å²) in [5.74, 6) is 0.962. The van der Waals surface area contributed by atoms with Crippen molar-refractivity contribution >= 4 is 23.4 Å². The average Bonchev–Trinajstić information content (AvgIpc) is 2.54. The van der Waals surface area contributed by atoms with Gasteiger partial charge in [0.2, 0.25) is 5.95 Å². The summed E-state index contributed by atoms with van der Waals surface area (Å²) < 4.78 is 4.95. The van der Waals surface area contributed by atoms with Gasteiger partial charge in [-0.25, -0.2) is 9.78 Å². The van der Waals surface area contributed by atoms with Gasteiger partial charge in [-0.3, -0.25) is 0 Å². The summed E-state index contributed by atoms with van der Waals surface area (Å²) in [6.45, 7) is 5.11. The van der Waals surface area contributed by atoms with E-state index in [0.717, 1.165) is 24.5 Å². The first-order valence-corrected chi connectivity index (χ1v) is 7.34. The first-order valence-electron chi connectivity index (χ1n) is 7.34. The Kier molecular flexibility index (Phi) is 5.71. The van der Waals surface area contributed by atoms with Gasteiger partial charge >= 0.3 is 5.97 Å². The van der Waals surface area contributed by atoms with Crippen molar-refractivity contribution in [3.8, 4) is 0 Å². The van der Waals surface area contributed by atoms with Crippen molar-refractivity contribution < 1.29 is 9.53 Å². The van der Waals surface area contributed by atoms with Gasteiger partial charge in [-0.05, 0) is 43.7 Å². The number of carbonyl (C=O) groups excluding carboxylic acids is 1. The molecule has 22 heavy (non-hydrogen) atoms. The highest BCUT2D eigenvalue weighted by molar-refractivity contribution is 5.89. The third-order valence-corrected chi connectivity index (χ3v) is 2.86. The highest BCUT2D eigenvalue weighted by Gasteiger charge is 2.06. The van der Waals surface area contributed by atoms with Gasteiger partial charge in [0.05, 0.1) is 12.2 Å². The van der Waals surface area contributed by atoms with E-state index in [2.05, 4.69) is 27.5 Å². The predicted octanol–water partition coefficient (Wildman–Crippen LogP) is 3.22. The number of ether oxygens (including phenoxy) is 1. The molecule has 2 N–H and O–H groups in total. The Labute approximate surface area is 129 Å². The quantitative estimate of drug-likeness (QED) is 0.765. The molecule has 0 amide bonds. The molecule has 1 aromatic carbocycles. The lowest BCUT2D eigenvalue weighted by atomic mass is 10.2. The molecule has 0 aliphatic rings. The summed E-state index contributed by atoms with van der Waals surface area (Å²) in [4.78, 5) is 20.1. The maximum absolute atomic E-state index is 11.6. The lowest BCUT2D eigenvalue weighted by Gasteiger charge is -2.08. The maximum atomic E-state index is 11.6. The summed E-state index contributed by atoms with van der Waals surface area (Å²) in [7, 11) is 0. The number of esters is 1. The molecular weight excluding hydrogens is 280 g/mol. The second-order valence-electron chi connectivity index (χ2n) is 4.62. The third kappa shape index (κ3) is 4.44. The van der Waals surface area contributed by atoms with Crippen LogP contribution in [0.3, 0.4) is 0 Å². The summed E-state index contributed by atoms with van der Waals surface area (Å²) in [6.07, 6.45) is 2.72. The number of carbonyl (C=O) groups is 1. The molecule has 0 saturated heterocycles. The molecule has 0 saturated carbocycles. The van der Waals surface area contributed by atoms with Crippen LogP contribution >= 0.6 is 0 Å². The predicted molar refractivity (Wildman–Crippen MR) is 86.5 cm³/mol. The molecule has 0 radical (unpaired) electrons. The smallest absolute Gasteiger partial charge is 0.338 e. The van der Waals surface area contributed by atoms with Gasteiger partial charge in [0.15, 0.2) is 0 Å². The number of nitrogens with one attached hydrogen (secondary N) is 2. The van der Waals surface area contributed by atoms with Crippen molar-refractivity contribution in [3.63, 3.8) is 0 Å². The molecule has 0 aliphatic carbocycles. The van der Waals surface area contributed by atoms with E-state index >= 15 is 0 Å². The van der Waals surface area contributed by atoms with Gasteiger partial charge in [0, 0.05) is 18.4 Å². The largest absolute Gasteiger partial charge is 0.462 e. The molecule has 0 bridgehead atoms. The highest BCUT2D eigenvalue weighted by atomic mass is 16.5. The minimum absolute atomic E-state index is 0.323. The van der Waals surface area contributed by atoms with Crippen LogP contribution in [0.1, 0.15) is 30.6 Å². The van der Waals surface area contributed by atoms with Crippen molar-refractivity contribution in [1.29, 1.82) is 0 Å². The minimum Gasteiger partial charge on any atom is -0.462 e. The van der Waals surface area contributed by atoms with Crippen LogP contribution in [0.5, 0.6) is 0 Å². The monoisotopic (exact) mass is 300 g/mol. The number of rotatable bonds is 7. The van der Waals surface area contributed by atoms with Crippen molar-refractivity contribution in [3.05, 3.63) is 42.1 Å². The van der Waals surface area contributed by atoms with E-state index in [1.807, 2.05) is 6.07 Å². The SMILES string of the molecule is CCCNc1ccnc(Nc2ccc(C(=O)OCC)cc2)n1. The van der Waals surface area contributed by atoms with E-state index < -0.39 is 0 Å². The van der Waals surface area contributed by atoms with Crippen LogP contribution in [0, 0.1) is 0 Å². The van der Waals surface area contributed by atoms with E-state index in [1.54, 1.807) is 37.4 Å². The Morgan fingerprint density at radius 1 is 1.18 bits per heavy atom. The van der Waals surface area contributed by atoms with E-state index in [1.165, 1.54) is 0 Å². The first-order chi connectivity index (χ1) is 10.7. The second-order valence-corrected chi connectivity index (χ2v) is 4.62. The van der Waals surface area contributed by atoms with Gasteiger partial charge in [0.25, 0.3) is 0 Å². The van der Waals surface area contributed by atoms with Gasteiger partial charge in [-0.15, -0.1) is 0 Å². The number of hydrogen-bond donors (Lipinski definition) is 2. The Bertz CT molecular complexity index is 614. The molecule has 0 spiro atoms. The van der Waals surface area contributed by atoms with Crippen LogP contribution in [0.25, 0.3) is 0 Å². The molecule has 0 aliphatic heterocycles. The second kappa shape index (κ2) is 7.97. The highest BCUT2D eigenvalue weighted by Crippen LogP contribution is 2.15. The Balaban J connectivity index is 2.03. The van der Waals surface area contributed by atoms with Gasteiger partial charge < -0.3 is 15.4 Å². The van der Waals surface area contributed by atoms with Crippen LogP contribution in [0.15, 0.2) is 36.5 Å². The molecule has 2 rings (SSSR count). The van der Waals surface area contributed by atoms with Crippen molar-refractivity contribution in [1.82, 2.24) is 9.97 Å². The van der Waals surface area contributed by atoms with Crippen LogP contribution < -0.4 is 10.6 Å². The summed E-state index contributed by atoms with van der Waals surface area (Å²) in [5.41, 5.74) is 1.33.